The van der Waals surface area contributed by atoms with E-state index in [0.29, 0.717) is 16.7 Å². The molecule has 0 aliphatic carbocycles. The Morgan fingerprint density at radius 3 is 2.17 bits per heavy atom. The van der Waals surface area contributed by atoms with Crippen LogP contribution < -0.4 is 4.74 Å². The molecule has 10 heteroatoms. The second-order valence-electron chi connectivity index (χ2n) is 6.65. The van der Waals surface area contributed by atoms with Crippen molar-refractivity contribution in [3.63, 3.8) is 0 Å². The first-order valence-corrected chi connectivity index (χ1v) is 9.67. The maximum Gasteiger partial charge on any atom is 0.337 e. The number of halogens is 2. The third-order valence-electron chi connectivity index (χ3n) is 4.71. The summed E-state index contributed by atoms with van der Waals surface area (Å²) >= 11 is 12.7. The van der Waals surface area contributed by atoms with Gasteiger partial charge in [-0.1, -0.05) is 35.3 Å². The molecule has 2 aromatic carbocycles. The second-order valence-corrected chi connectivity index (χ2v) is 7.46. The van der Waals surface area contributed by atoms with Gasteiger partial charge in [0.25, 0.3) is 0 Å². The van der Waals surface area contributed by atoms with Gasteiger partial charge < -0.3 is 34.6 Å². The topological polar surface area (TPSA) is 126 Å². The Bertz CT molecular complexity index is 879. The molecule has 162 valence electrons. The molecule has 30 heavy (non-hydrogen) atoms. The largest absolute Gasteiger partial charge is 0.465 e. The van der Waals surface area contributed by atoms with Crippen molar-refractivity contribution < 1.29 is 39.4 Å². The van der Waals surface area contributed by atoms with E-state index < -0.39 is 43.3 Å². The molecule has 2 unspecified atom stereocenters. The number of carbonyl (C=O) groups excluding carboxylic acids is 1. The van der Waals surface area contributed by atoms with E-state index in [1.165, 1.54) is 19.2 Å². The highest BCUT2D eigenvalue weighted by Crippen LogP contribution is 2.39. The van der Waals surface area contributed by atoms with Gasteiger partial charge in [0, 0.05) is 5.56 Å². The normalized spacial score (nSPS) is 26.3. The van der Waals surface area contributed by atoms with Crippen molar-refractivity contribution in [3.05, 3.63) is 52.0 Å². The summed E-state index contributed by atoms with van der Waals surface area (Å²) < 4.78 is 15.5. The van der Waals surface area contributed by atoms with Crippen LogP contribution in [0.4, 0.5) is 0 Å². The molecule has 0 bridgehead atoms. The molecule has 2 aromatic rings. The van der Waals surface area contributed by atoms with Crippen LogP contribution in [0.5, 0.6) is 5.75 Å². The first-order valence-electron chi connectivity index (χ1n) is 8.91. The summed E-state index contributed by atoms with van der Waals surface area (Å²) in [6.07, 6.45) is -7.09. The molecule has 1 saturated heterocycles. The van der Waals surface area contributed by atoms with Crippen LogP contribution in [0.15, 0.2) is 36.4 Å². The quantitative estimate of drug-likeness (QED) is 0.498. The molecule has 0 aromatic heterocycles. The van der Waals surface area contributed by atoms with E-state index in [4.69, 9.17) is 32.7 Å². The first kappa shape index (κ1) is 22.8. The van der Waals surface area contributed by atoms with E-state index in [1.54, 1.807) is 24.3 Å². The van der Waals surface area contributed by atoms with Crippen molar-refractivity contribution in [2.24, 2.45) is 0 Å². The molecular weight excluding hydrogens is 439 g/mol. The Morgan fingerprint density at radius 2 is 1.63 bits per heavy atom. The van der Waals surface area contributed by atoms with Gasteiger partial charge in [0.05, 0.1) is 29.3 Å². The summed E-state index contributed by atoms with van der Waals surface area (Å²) in [5.74, 6) is -0.328. The Kier molecular flexibility index (Phi) is 7.20. The van der Waals surface area contributed by atoms with Crippen molar-refractivity contribution in [1.82, 2.24) is 0 Å². The maximum absolute atomic E-state index is 11.6. The summed E-state index contributed by atoms with van der Waals surface area (Å²) in [6, 6.07) is 9.37. The van der Waals surface area contributed by atoms with Gasteiger partial charge in [-0.25, -0.2) is 4.79 Å². The summed E-state index contributed by atoms with van der Waals surface area (Å²) in [5.41, 5.74) is 1.52. The van der Waals surface area contributed by atoms with Gasteiger partial charge in [0.2, 0.25) is 6.29 Å². The van der Waals surface area contributed by atoms with Crippen molar-refractivity contribution >= 4 is 29.2 Å². The van der Waals surface area contributed by atoms with Crippen LogP contribution in [-0.4, -0.2) is 70.8 Å². The molecule has 4 N–H and O–H groups in total. The number of hydrogen-bond acceptors (Lipinski definition) is 8. The molecule has 1 aliphatic rings. The number of rotatable bonds is 5. The summed E-state index contributed by atoms with van der Waals surface area (Å²) in [5, 5.41) is 39.5. The van der Waals surface area contributed by atoms with Crippen molar-refractivity contribution in [3.8, 4) is 16.9 Å². The molecule has 1 heterocycles. The van der Waals surface area contributed by atoms with Gasteiger partial charge in [0.1, 0.15) is 30.2 Å². The number of esters is 1. The van der Waals surface area contributed by atoms with E-state index in [-0.39, 0.29) is 15.8 Å². The minimum Gasteiger partial charge on any atom is -0.465 e. The van der Waals surface area contributed by atoms with Gasteiger partial charge >= 0.3 is 5.97 Å². The maximum atomic E-state index is 11.6. The van der Waals surface area contributed by atoms with Gasteiger partial charge in [-0.05, 0) is 29.8 Å². The lowest BCUT2D eigenvalue weighted by molar-refractivity contribution is -0.277. The smallest absolute Gasteiger partial charge is 0.337 e. The number of carbonyl (C=O) groups is 1. The fraction of sp³-hybridized carbons (Fsp3) is 0.350. The fourth-order valence-electron chi connectivity index (χ4n) is 3.08. The molecule has 0 saturated carbocycles. The lowest BCUT2D eigenvalue weighted by Crippen LogP contribution is -2.60. The monoisotopic (exact) mass is 458 g/mol. The average Bonchev–Trinajstić information content (AvgIpc) is 2.73. The number of ether oxygens (including phenoxy) is 3. The first-order chi connectivity index (χ1) is 14.3. The summed E-state index contributed by atoms with van der Waals surface area (Å²) in [4.78, 5) is 11.6. The zero-order valence-corrected chi connectivity index (χ0v) is 17.2. The highest BCUT2D eigenvalue weighted by Gasteiger charge is 2.44. The molecular formula is C20H20Cl2O8. The molecule has 1 fully saturated rings. The highest BCUT2D eigenvalue weighted by atomic mass is 35.5. The van der Waals surface area contributed by atoms with Crippen LogP contribution in [0, 0.1) is 0 Å². The van der Waals surface area contributed by atoms with Crippen molar-refractivity contribution in [2.45, 2.75) is 30.7 Å². The van der Waals surface area contributed by atoms with Crippen LogP contribution in [0.25, 0.3) is 11.1 Å². The number of aliphatic hydroxyl groups excluding tert-OH is 4. The van der Waals surface area contributed by atoms with Crippen molar-refractivity contribution in [1.29, 1.82) is 0 Å². The Labute approximate surface area is 182 Å². The van der Waals surface area contributed by atoms with Gasteiger partial charge in [-0.3, -0.25) is 0 Å². The zero-order chi connectivity index (χ0) is 22.0. The predicted octanol–water partition coefficient (Wildman–Crippen LogP) is 1.63. The molecule has 0 spiro atoms. The number of hydrogen-bond donors (Lipinski definition) is 4. The van der Waals surface area contributed by atoms with E-state index in [0.717, 1.165) is 0 Å². The molecule has 1 aliphatic heterocycles. The summed E-state index contributed by atoms with van der Waals surface area (Å²) in [6.45, 7) is -0.577. The van der Waals surface area contributed by atoms with Gasteiger partial charge in [0.15, 0.2) is 0 Å². The SMILES string of the molecule is COC(=O)c1ccc(-c2c(Cl)cc(O[C@H]3OC(CO)[C@@H](O)C(O)[C@H]3O)cc2Cl)cc1. The lowest BCUT2D eigenvalue weighted by Gasteiger charge is -2.39. The average molecular weight is 459 g/mol. The molecule has 8 nitrogen and oxygen atoms in total. The summed E-state index contributed by atoms with van der Waals surface area (Å²) in [7, 11) is 1.29. The van der Waals surface area contributed by atoms with E-state index in [9.17, 15) is 25.2 Å². The Morgan fingerprint density at radius 1 is 1.03 bits per heavy atom. The second kappa shape index (κ2) is 9.49. The van der Waals surface area contributed by atoms with Gasteiger partial charge in [-0.2, -0.15) is 0 Å². The minimum atomic E-state index is -1.57. The molecule has 5 atom stereocenters. The Balaban J connectivity index is 1.83. The fourth-order valence-corrected chi connectivity index (χ4v) is 3.77. The van der Waals surface area contributed by atoms with Crippen LogP contribution >= 0.6 is 23.2 Å². The van der Waals surface area contributed by atoms with E-state index in [2.05, 4.69) is 4.74 Å². The lowest BCUT2D eigenvalue weighted by atomic mass is 9.99. The Hall–Kier alpha value is -1.91. The number of benzene rings is 2. The van der Waals surface area contributed by atoms with Crippen LogP contribution in [0.2, 0.25) is 10.0 Å². The van der Waals surface area contributed by atoms with Crippen molar-refractivity contribution in [2.75, 3.05) is 13.7 Å². The van der Waals surface area contributed by atoms with E-state index in [1.807, 2.05) is 0 Å². The standard InChI is InChI=1S/C20H20Cl2O8/c1-28-19(27)10-4-2-9(3-5-10)15-12(21)6-11(7-13(15)22)29-20-18(26)17(25)16(24)14(8-23)30-20/h2-7,14,16-18,20,23-26H,8H2,1H3/t14?,16-,17?,18-,20+/m1/s1. The minimum absolute atomic E-state index is 0.143. The molecule has 3 rings (SSSR count). The number of aliphatic hydroxyl groups is 4. The van der Waals surface area contributed by atoms with Crippen LogP contribution in [0.3, 0.4) is 0 Å². The van der Waals surface area contributed by atoms with Crippen LogP contribution in [-0.2, 0) is 9.47 Å². The van der Waals surface area contributed by atoms with E-state index >= 15 is 0 Å². The molecule has 0 amide bonds. The van der Waals surface area contributed by atoms with Gasteiger partial charge in [-0.15, -0.1) is 0 Å². The third kappa shape index (κ3) is 4.55. The molecule has 0 radical (unpaired) electrons. The number of methoxy groups -OCH3 is 1. The zero-order valence-electron chi connectivity index (χ0n) is 15.7. The predicted molar refractivity (Wildman–Crippen MR) is 108 cm³/mol. The highest BCUT2D eigenvalue weighted by molar-refractivity contribution is 6.39. The third-order valence-corrected chi connectivity index (χ3v) is 5.31. The van der Waals surface area contributed by atoms with Crippen LogP contribution in [0.1, 0.15) is 10.4 Å².